The number of hydrogen-bond acceptors (Lipinski definition) is 3. The highest BCUT2D eigenvalue weighted by Gasteiger charge is 2.44. The first-order valence-corrected chi connectivity index (χ1v) is 4.48. The monoisotopic (exact) mass is 219 g/mol. The number of aromatic nitrogens is 2. The second-order valence-corrected chi connectivity index (χ2v) is 3.70. The van der Waals surface area contributed by atoms with E-state index in [0.29, 0.717) is 11.6 Å². The summed E-state index contributed by atoms with van der Waals surface area (Å²) < 4.78 is 25.1. The van der Waals surface area contributed by atoms with Gasteiger partial charge in [0, 0.05) is 6.07 Å². The molecule has 1 aliphatic rings. The van der Waals surface area contributed by atoms with E-state index in [-0.39, 0.29) is 18.2 Å². The minimum atomic E-state index is -2.59. The van der Waals surface area contributed by atoms with Crippen LogP contribution in [0, 0.1) is 6.92 Å². The summed E-state index contributed by atoms with van der Waals surface area (Å²) >= 11 is 5.68. The maximum Gasteiger partial charge on any atom is 0.282 e. The van der Waals surface area contributed by atoms with Gasteiger partial charge in [-0.2, -0.15) is 0 Å². The number of alkyl halides is 2. The molecule has 0 aliphatic carbocycles. The summed E-state index contributed by atoms with van der Waals surface area (Å²) in [6, 6.07) is 1.49. The van der Waals surface area contributed by atoms with Crippen molar-refractivity contribution >= 4 is 17.4 Å². The highest BCUT2D eigenvalue weighted by atomic mass is 35.5. The van der Waals surface area contributed by atoms with Crippen LogP contribution in [0.3, 0.4) is 0 Å². The van der Waals surface area contributed by atoms with Crippen LogP contribution >= 0.6 is 11.6 Å². The lowest BCUT2D eigenvalue weighted by Crippen LogP contribution is -2.56. The van der Waals surface area contributed by atoms with Crippen molar-refractivity contribution in [3.05, 3.63) is 17.0 Å². The molecule has 14 heavy (non-hydrogen) atoms. The molecule has 1 aromatic rings. The molecule has 0 spiro atoms. The van der Waals surface area contributed by atoms with Gasteiger partial charge < -0.3 is 4.90 Å². The Morgan fingerprint density at radius 2 is 2.07 bits per heavy atom. The molecule has 1 saturated heterocycles. The highest BCUT2D eigenvalue weighted by Crippen LogP contribution is 2.31. The average Bonchev–Trinajstić information content (AvgIpc) is 1.97. The fourth-order valence-electron chi connectivity index (χ4n) is 1.35. The van der Waals surface area contributed by atoms with Crippen molar-refractivity contribution in [2.24, 2.45) is 0 Å². The molecule has 0 unspecified atom stereocenters. The molecule has 0 N–H and O–H groups in total. The fraction of sp³-hybridized carbons (Fsp3) is 0.500. The van der Waals surface area contributed by atoms with E-state index < -0.39 is 5.92 Å². The molecule has 76 valence electrons. The summed E-state index contributed by atoms with van der Waals surface area (Å²) in [6.07, 6.45) is 0. The topological polar surface area (TPSA) is 29.0 Å². The van der Waals surface area contributed by atoms with Crippen molar-refractivity contribution in [1.82, 2.24) is 9.97 Å². The molecule has 0 atom stereocenters. The van der Waals surface area contributed by atoms with E-state index in [1.165, 1.54) is 11.0 Å². The second-order valence-electron chi connectivity index (χ2n) is 3.31. The summed E-state index contributed by atoms with van der Waals surface area (Å²) in [5, 5.41) is 0.280. The molecule has 2 rings (SSSR count). The van der Waals surface area contributed by atoms with Gasteiger partial charge in [-0.25, -0.2) is 18.7 Å². The van der Waals surface area contributed by atoms with Gasteiger partial charge in [0.2, 0.25) is 0 Å². The Hall–Kier alpha value is -0.970. The smallest absolute Gasteiger partial charge is 0.282 e. The molecule has 0 saturated carbocycles. The van der Waals surface area contributed by atoms with E-state index >= 15 is 0 Å². The Bertz CT molecular complexity index is 341. The normalized spacial score (nSPS) is 19.3. The van der Waals surface area contributed by atoms with Crippen LogP contribution in [0.4, 0.5) is 14.6 Å². The van der Waals surface area contributed by atoms with E-state index in [1.807, 2.05) is 0 Å². The molecule has 6 heteroatoms. The van der Waals surface area contributed by atoms with Crippen molar-refractivity contribution in [3.8, 4) is 0 Å². The third-order valence-corrected chi connectivity index (χ3v) is 2.16. The largest absolute Gasteiger partial charge is 0.344 e. The first kappa shape index (κ1) is 9.58. The van der Waals surface area contributed by atoms with Crippen molar-refractivity contribution in [2.75, 3.05) is 18.0 Å². The number of hydrogen-bond donors (Lipinski definition) is 0. The van der Waals surface area contributed by atoms with Crippen LogP contribution in [0.25, 0.3) is 0 Å². The summed E-state index contributed by atoms with van der Waals surface area (Å²) in [6.45, 7) is 1.09. The quantitative estimate of drug-likeness (QED) is 0.676. The van der Waals surface area contributed by atoms with Crippen molar-refractivity contribution in [3.63, 3.8) is 0 Å². The summed E-state index contributed by atoms with van der Waals surface area (Å²) in [5.41, 5.74) is 0. The van der Waals surface area contributed by atoms with E-state index in [1.54, 1.807) is 6.92 Å². The average molecular weight is 220 g/mol. The van der Waals surface area contributed by atoms with Gasteiger partial charge in [-0.3, -0.25) is 0 Å². The first-order valence-electron chi connectivity index (χ1n) is 4.10. The zero-order chi connectivity index (χ0) is 10.3. The van der Waals surface area contributed by atoms with Gasteiger partial charge in [-0.05, 0) is 6.92 Å². The van der Waals surface area contributed by atoms with Crippen LogP contribution < -0.4 is 4.90 Å². The first-order chi connectivity index (χ1) is 6.46. The van der Waals surface area contributed by atoms with Gasteiger partial charge in [-0.1, -0.05) is 11.6 Å². The van der Waals surface area contributed by atoms with Gasteiger partial charge in [0.25, 0.3) is 5.92 Å². The van der Waals surface area contributed by atoms with E-state index in [0.717, 1.165) is 0 Å². The van der Waals surface area contributed by atoms with Gasteiger partial charge in [0.15, 0.2) is 0 Å². The Labute approximate surface area is 84.7 Å². The van der Waals surface area contributed by atoms with Crippen molar-refractivity contribution in [1.29, 1.82) is 0 Å². The van der Waals surface area contributed by atoms with Crippen LogP contribution in [-0.2, 0) is 0 Å². The molecule has 0 radical (unpaired) electrons. The van der Waals surface area contributed by atoms with Crippen molar-refractivity contribution < 1.29 is 8.78 Å². The Morgan fingerprint density at radius 3 is 2.57 bits per heavy atom. The fourth-order valence-corrected chi connectivity index (χ4v) is 1.57. The molecule has 1 aromatic heterocycles. The number of nitrogens with zero attached hydrogens (tertiary/aromatic N) is 3. The van der Waals surface area contributed by atoms with Gasteiger partial charge in [0.1, 0.15) is 16.8 Å². The zero-order valence-corrected chi connectivity index (χ0v) is 8.22. The molecule has 1 fully saturated rings. The van der Waals surface area contributed by atoms with Crippen LogP contribution in [-0.4, -0.2) is 29.0 Å². The predicted octanol–water partition coefficient (Wildman–Crippen LogP) is 1.89. The molecule has 3 nitrogen and oxygen atoms in total. The van der Waals surface area contributed by atoms with Crippen LogP contribution in [0.5, 0.6) is 0 Å². The summed E-state index contributed by atoms with van der Waals surface area (Å²) in [4.78, 5) is 9.34. The number of aryl methyl sites for hydroxylation is 1. The standard InChI is InChI=1S/C8H8ClF2N3/c1-5-12-6(9)2-7(13-5)14-3-8(10,11)4-14/h2H,3-4H2,1H3. The third kappa shape index (κ3) is 1.77. The molecular weight excluding hydrogens is 212 g/mol. The van der Waals surface area contributed by atoms with E-state index in [2.05, 4.69) is 9.97 Å². The molecular formula is C8H8ClF2N3. The number of anilines is 1. The van der Waals surface area contributed by atoms with Gasteiger partial charge in [-0.15, -0.1) is 0 Å². The Balaban J connectivity index is 2.18. The van der Waals surface area contributed by atoms with E-state index in [4.69, 9.17) is 11.6 Å². The lowest BCUT2D eigenvalue weighted by Gasteiger charge is -2.39. The summed E-state index contributed by atoms with van der Waals surface area (Å²) in [5.74, 6) is -1.64. The second kappa shape index (κ2) is 3.02. The van der Waals surface area contributed by atoms with Gasteiger partial charge in [0.05, 0.1) is 13.1 Å². The Morgan fingerprint density at radius 1 is 1.43 bits per heavy atom. The molecule has 2 heterocycles. The SMILES string of the molecule is Cc1nc(Cl)cc(N2CC(F)(F)C2)n1. The minimum Gasteiger partial charge on any atom is -0.344 e. The lowest BCUT2D eigenvalue weighted by atomic mass is 10.1. The maximum absolute atomic E-state index is 12.6. The van der Waals surface area contributed by atoms with Crippen LogP contribution in [0.15, 0.2) is 6.07 Å². The zero-order valence-electron chi connectivity index (χ0n) is 7.47. The molecule has 0 aromatic carbocycles. The van der Waals surface area contributed by atoms with Crippen molar-refractivity contribution in [2.45, 2.75) is 12.8 Å². The molecule has 1 aliphatic heterocycles. The van der Waals surface area contributed by atoms with Gasteiger partial charge >= 0.3 is 0 Å². The Kier molecular flexibility index (Phi) is 2.06. The van der Waals surface area contributed by atoms with Crippen LogP contribution in [0.2, 0.25) is 5.15 Å². The van der Waals surface area contributed by atoms with Crippen LogP contribution in [0.1, 0.15) is 5.82 Å². The maximum atomic E-state index is 12.6. The predicted molar refractivity (Wildman–Crippen MR) is 48.9 cm³/mol. The number of rotatable bonds is 1. The minimum absolute atomic E-state index is 0.280. The molecule has 0 bridgehead atoms. The summed E-state index contributed by atoms with van der Waals surface area (Å²) in [7, 11) is 0. The lowest BCUT2D eigenvalue weighted by molar-refractivity contribution is -0.0267. The third-order valence-electron chi connectivity index (χ3n) is 1.96. The molecule has 0 amide bonds. The highest BCUT2D eigenvalue weighted by molar-refractivity contribution is 6.29. The van der Waals surface area contributed by atoms with E-state index in [9.17, 15) is 8.78 Å². The number of halogens is 3.